The van der Waals surface area contributed by atoms with Crippen LogP contribution in [0.4, 0.5) is 13.9 Å². The van der Waals surface area contributed by atoms with Crippen LogP contribution in [-0.4, -0.2) is 55.1 Å². The van der Waals surface area contributed by atoms with Crippen molar-refractivity contribution in [2.45, 2.75) is 13.8 Å². The molecule has 1 amide bonds. The number of thiazole rings is 1. The van der Waals surface area contributed by atoms with E-state index in [1.807, 2.05) is 32.0 Å². The molecule has 0 bridgehead atoms. The van der Waals surface area contributed by atoms with Crippen molar-refractivity contribution in [1.82, 2.24) is 15.2 Å². The number of halogens is 2. The van der Waals surface area contributed by atoms with Gasteiger partial charge in [-0.15, -0.1) is 0 Å². The highest BCUT2D eigenvalue weighted by atomic mass is 32.1. The minimum Gasteiger partial charge on any atom is -0.351 e. The van der Waals surface area contributed by atoms with Crippen molar-refractivity contribution in [2.24, 2.45) is 0 Å². The first-order chi connectivity index (χ1) is 14.4. The van der Waals surface area contributed by atoms with Crippen LogP contribution in [0.1, 0.15) is 21.5 Å². The van der Waals surface area contributed by atoms with Crippen molar-refractivity contribution >= 4 is 32.6 Å². The molecule has 1 fully saturated rings. The molecule has 4 rings (SSSR count). The van der Waals surface area contributed by atoms with Crippen LogP contribution in [0.2, 0.25) is 0 Å². The lowest BCUT2D eigenvalue weighted by Crippen LogP contribution is -2.48. The Bertz CT molecular complexity index is 1080. The van der Waals surface area contributed by atoms with E-state index in [1.165, 1.54) is 17.4 Å². The predicted octanol–water partition coefficient (Wildman–Crippen LogP) is 3.74. The Balaban J connectivity index is 1.28. The van der Waals surface area contributed by atoms with Crippen LogP contribution >= 0.6 is 11.3 Å². The van der Waals surface area contributed by atoms with Crippen LogP contribution in [0.15, 0.2) is 30.3 Å². The molecule has 1 aliphatic rings. The molecule has 0 unspecified atom stereocenters. The lowest BCUT2D eigenvalue weighted by Gasteiger charge is -2.34. The van der Waals surface area contributed by atoms with Crippen LogP contribution < -0.4 is 10.2 Å². The first kappa shape index (κ1) is 20.7. The quantitative estimate of drug-likeness (QED) is 0.670. The molecule has 0 aliphatic carbocycles. The second kappa shape index (κ2) is 8.65. The number of hydrogen-bond donors (Lipinski definition) is 1. The summed E-state index contributed by atoms with van der Waals surface area (Å²) in [6.45, 7) is 8.48. The molecule has 1 N–H and O–H groups in total. The van der Waals surface area contributed by atoms with Crippen LogP contribution in [0.5, 0.6) is 0 Å². The molecule has 1 aliphatic heterocycles. The number of rotatable bonds is 5. The van der Waals surface area contributed by atoms with E-state index in [0.717, 1.165) is 55.0 Å². The Morgan fingerprint density at radius 1 is 1.13 bits per heavy atom. The van der Waals surface area contributed by atoms with Gasteiger partial charge in [-0.05, 0) is 31.5 Å². The molecule has 8 heteroatoms. The zero-order valence-corrected chi connectivity index (χ0v) is 17.9. The number of anilines is 1. The largest absolute Gasteiger partial charge is 0.351 e. The molecule has 158 valence electrons. The maximum atomic E-state index is 13.9. The summed E-state index contributed by atoms with van der Waals surface area (Å²) in [5, 5.41) is 3.72. The van der Waals surface area contributed by atoms with Gasteiger partial charge in [0.25, 0.3) is 5.91 Å². The van der Waals surface area contributed by atoms with Crippen LogP contribution in [0, 0.1) is 25.5 Å². The van der Waals surface area contributed by atoms with Gasteiger partial charge in [0.15, 0.2) is 10.9 Å². The van der Waals surface area contributed by atoms with Gasteiger partial charge in [-0.3, -0.25) is 9.69 Å². The SMILES string of the molecule is Cc1ccc(C(=O)NCCN2CCN(c3nc4c(F)cc(F)cc4s3)CC2)c(C)c1. The number of piperazine rings is 1. The van der Waals surface area contributed by atoms with E-state index < -0.39 is 11.6 Å². The summed E-state index contributed by atoms with van der Waals surface area (Å²) in [6.07, 6.45) is 0. The minimum atomic E-state index is -0.620. The lowest BCUT2D eigenvalue weighted by molar-refractivity contribution is 0.0947. The molecule has 30 heavy (non-hydrogen) atoms. The smallest absolute Gasteiger partial charge is 0.251 e. The number of hydrogen-bond acceptors (Lipinski definition) is 5. The summed E-state index contributed by atoms with van der Waals surface area (Å²) in [5.74, 6) is -1.25. The molecule has 2 aromatic carbocycles. The first-order valence-electron chi connectivity index (χ1n) is 9.99. The number of benzene rings is 2. The number of nitrogens with zero attached hydrogens (tertiary/aromatic N) is 3. The normalized spacial score (nSPS) is 15.0. The average Bonchev–Trinajstić information content (AvgIpc) is 3.13. The second-order valence-electron chi connectivity index (χ2n) is 7.63. The van der Waals surface area contributed by atoms with E-state index in [0.29, 0.717) is 16.8 Å². The van der Waals surface area contributed by atoms with Crippen molar-refractivity contribution in [2.75, 3.05) is 44.2 Å². The van der Waals surface area contributed by atoms with Gasteiger partial charge >= 0.3 is 0 Å². The minimum absolute atomic E-state index is 0.0464. The van der Waals surface area contributed by atoms with Crippen LogP contribution in [-0.2, 0) is 0 Å². The summed E-state index contributed by atoms with van der Waals surface area (Å²) < 4.78 is 27.8. The summed E-state index contributed by atoms with van der Waals surface area (Å²) in [6, 6.07) is 8.02. The van der Waals surface area contributed by atoms with E-state index in [2.05, 4.69) is 20.1 Å². The summed E-state index contributed by atoms with van der Waals surface area (Å²) >= 11 is 1.31. The van der Waals surface area contributed by atoms with Gasteiger partial charge in [-0.25, -0.2) is 13.8 Å². The summed E-state index contributed by atoms with van der Waals surface area (Å²) in [7, 11) is 0. The fourth-order valence-corrected chi connectivity index (χ4v) is 4.79. The standard InChI is InChI=1S/C22H24F2N4OS/c1-14-3-4-17(15(2)11-14)21(29)25-5-6-27-7-9-28(10-8-27)22-26-20-18(24)12-16(23)13-19(20)30-22/h3-4,11-13H,5-10H2,1-2H3,(H,25,29). The van der Waals surface area contributed by atoms with Gasteiger partial charge in [0.05, 0.1) is 4.70 Å². The number of aromatic nitrogens is 1. The number of fused-ring (bicyclic) bond motifs is 1. The predicted molar refractivity (Wildman–Crippen MR) is 116 cm³/mol. The van der Waals surface area contributed by atoms with Crippen molar-refractivity contribution in [3.63, 3.8) is 0 Å². The Hall–Kier alpha value is -2.58. The number of aryl methyl sites for hydroxylation is 2. The highest BCUT2D eigenvalue weighted by Gasteiger charge is 2.21. The fraction of sp³-hybridized carbons (Fsp3) is 0.364. The molecular weight excluding hydrogens is 406 g/mol. The third-order valence-corrected chi connectivity index (χ3v) is 6.45. The van der Waals surface area contributed by atoms with Gasteiger partial charge in [-0.1, -0.05) is 29.0 Å². The Morgan fingerprint density at radius 2 is 1.90 bits per heavy atom. The van der Waals surface area contributed by atoms with Gasteiger partial charge in [0.1, 0.15) is 11.3 Å². The summed E-state index contributed by atoms with van der Waals surface area (Å²) in [4.78, 5) is 21.1. The third kappa shape index (κ3) is 4.44. The van der Waals surface area contributed by atoms with Crippen LogP contribution in [0.25, 0.3) is 10.2 Å². The Labute approximate surface area is 178 Å². The van der Waals surface area contributed by atoms with E-state index in [1.54, 1.807) is 0 Å². The highest BCUT2D eigenvalue weighted by Crippen LogP contribution is 2.31. The first-order valence-corrected chi connectivity index (χ1v) is 10.8. The van der Waals surface area contributed by atoms with Crippen molar-refractivity contribution in [3.8, 4) is 0 Å². The van der Waals surface area contributed by atoms with Gasteiger partial charge in [-0.2, -0.15) is 0 Å². The monoisotopic (exact) mass is 430 g/mol. The molecule has 2 heterocycles. The lowest BCUT2D eigenvalue weighted by atomic mass is 10.1. The second-order valence-corrected chi connectivity index (χ2v) is 8.64. The Kier molecular flexibility index (Phi) is 5.97. The molecule has 1 saturated heterocycles. The molecule has 1 aromatic heterocycles. The molecule has 3 aromatic rings. The zero-order valence-electron chi connectivity index (χ0n) is 17.0. The topological polar surface area (TPSA) is 48.5 Å². The summed E-state index contributed by atoms with van der Waals surface area (Å²) in [5.41, 5.74) is 3.06. The number of nitrogens with one attached hydrogen (secondary N) is 1. The molecule has 0 radical (unpaired) electrons. The average molecular weight is 431 g/mol. The van der Waals surface area contributed by atoms with E-state index in [9.17, 15) is 13.6 Å². The van der Waals surface area contributed by atoms with Crippen molar-refractivity contribution in [1.29, 1.82) is 0 Å². The maximum Gasteiger partial charge on any atom is 0.251 e. The Morgan fingerprint density at radius 3 is 2.63 bits per heavy atom. The van der Waals surface area contributed by atoms with Crippen molar-refractivity contribution < 1.29 is 13.6 Å². The maximum absolute atomic E-state index is 13.9. The van der Waals surface area contributed by atoms with E-state index in [4.69, 9.17) is 0 Å². The number of amides is 1. The number of carbonyl (C=O) groups is 1. The molecule has 5 nitrogen and oxygen atoms in total. The van der Waals surface area contributed by atoms with Gasteiger partial charge in [0, 0.05) is 50.9 Å². The zero-order chi connectivity index (χ0) is 21.3. The highest BCUT2D eigenvalue weighted by molar-refractivity contribution is 7.22. The van der Waals surface area contributed by atoms with Crippen molar-refractivity contribution in [3.05, 3.63) is 58.7 Å². The molecule has 0 saturated carbocycles. The van der Waals surface area contributed by atoms with E-state index in [-0.39, 0.29) is 11.4 Å². The van der Waals surface area contributed by atoms with Crippen LogP contribution in [0.3, 0.4) is 0 Å². The van der Waals surface area contributed by atoms with E-state index >= 15 is 0 Å². The molecular formula is C22H24F2N4OS. The number of carbonyl (C=O) groups excluding carboxylic acids is 1. The molecule has 0 spiro atoms. The van der Waals surface area contributed by atoms with Gasteiger partial charge < -0.3 is 10.2 Å². The molecule has 0 atom stereocenters. The fourth-order valence-electron chi connectivity index (χ4n) is 3.73. The van der Waals surface area contributed by atoms with Gasteiger partial charge in [0.2, 0.25) is 0 Å². The third-order valence-electron chi connectivity index (χ3n) is 5.38.